The summed E-state index contributed by atoms with van der Waals surface area (Å²) in [6, 6.07) is 11.7. The second-order valence-electron chi connectivity index (χ2n) is 4.84. The van der Waals surface area contributed by atoms with Crippen molar-refractivity contribution < 1.29 is 9.15 Å². The number of ether oxygens (including phenoxy) is 1. The van der Waals surface area contributed by atoms with Crippen LogP contribution in [0.25, 0.3) is 0 Å². The minimum atomic E-state index is 0.484. The number of guanidine groups is 1. The number of nitrogens with one attached hydrogen (secondary N) is 2. The molecule has 5 heteroatoms. The molecule has 0 atom stereocenters. The van der Waals surface area contributed by atoms with Gasteiger partial charge in [-0.2, -0.15) is 0 Å². The predicted octanol–water partition coefficient (Wildman–Crippen LogP) is 3.10. The summed E-state index contributed by atoms with van der Waals surface area (Å²) in [4.78, 5) is 4.60. The van der Waals surface area contributed by atoms with E-state index in [1.165, 1.54) is 0 Å². The Labute approximate surface area is 137 Å². The van der Waals surface area contributed by atoms with Gasteiger partial charge in [-0.05, 0) is 25.1 Å². The molecular weight excluding hydrogens is 290 g/mol. The Morgan fingerprint density at radius 1 is 1.26 bits per heavy atom. The Bertz CT molecular complexity index is 621. The maximum Gasteiger partial charge on any atom is 0.191 e. The first-order valence-corrected chi connectivity index (χ1v) is 7.69. The second-order valence-corrected chi connectivity index (χ2v) is 4.84. The van der Waals surface area contributed by atoms with Gasteiger partial charge in [0.15, 0.2) is 5.96 Å². The number of para-hydroxylation sites is 1. The number of nitrogens with zero attached hydrogens (tertiary/aromatic N) is 1. The summed E-state index contributed by atoms with van der Waals surface area (Å²) in [5.41, 5.74) is 1.03. The van der Waals surface area contributed by atoms with E-state index in [0.29, 0.717) is 19.7 Å². The van der Waals surface area contributed by atoms with Crippen molar-refractivity contribution in [3.05, 3.63) is 66.6 Å². The Balaban J connectivity index is 2.00. The van der Waals surface area contributed by atoms with E-state index in [2.05, 4.69) is 22.2 Å². The molecule has 0 bridgehead atoms. The van der Waals surface area contributed by atoms with Crippen LogP contribution in [0.2, 0.25) is 0 Å². The number of hydrogen-bond acceptors (Lipinski definition) is 3. The van der Waals surface area contributed by atoms with Crippen LogP contribution in [0.15, 0.2) is 64.7 Å². The zero-order chi connectivity index (χ0) is 16.3. The van der Waals surface area contributed by atoms with E-state index < -0.39 is 0 Å². The molecule has 0 aliphatic carbocycles. The van der Waals surface area contributed by atoms with Crippen LogP contribution < -0.4 is 15.4 Å². The normalized spacial score (nSPS) is 11.1. The Hall–Kier alpha value is -2.69. The summed E-state index contributed by atoms with van der Waals surface area (Å²) < 4.78 is 11.0. The average Bonchev–Trinajstić information content (AvgIpc) is 3.09. The van der Waals surface area contributed by atoms with Gasteiger partial charge in [0, 0.05) is 12.1 Å². The lowest BCUT2D eigenvalue weighted by Gasteiger charge is -2.12. The van der Waals surface area contributed by atoms with Crippen LogP contribution in [0, 0.1) is 0 Å². The average molecular weight is 313 g/mol. The van der Waals surface area contributed by atoms with Crippen molar-refractivity contribution in [1.29, 1.82) is 0 Å². The summed E-state index contributed by atoms with van der Waals surface area (Å²) in [5.74, 6) is 2.44. The van der Waals surface area contributed by atoms with Crippen LogP contribution in [0.3, 0.4) is 0 Å². The second kappa shape index (κ2) is 9.35. The molecule has 1 aromatic carbocycles. The van der Waals surface area contributed by atoms with Crippen LogP contribution in [0.4, 0.5) is 0 Å². The first-order chi connectivity index (χ1) is 11.3. The smallest absolute Gasteiger partial charge is 0.191 e. The molecule has 23 heavy (non-hydrogen) atoms. The van der Waals surface area contributed by atoms with E-state index in [0.717, 1.165) is 29.6 Å². The van der Waals surface area contributed by atoms with Crippen molar-refractivity contribution in [3.63, 3.8) is 0 Å². The minimum Gasteiger partial charge on any atom is -0.489 e. The predicted molar refractivity (Wildman–Crippen MR) is 92.5 cm³/mol. The number of furan rings is 1. The molecule has 0 fully saturated rings. The Kier molecular flexibility index (Phi) is 6.78. The van der Waals surface area contributed by atoms with Crippen LogP contribution in [-0.4, -0.2) is 19.1 Å². The molecule has 122 valence electrons. The number of hydrogen-bond donors (Lipinski definition) is 2. The summed E-state index contributed by atoms with van der Waals surface area (Å²) in [6.07, 6.45) is 3.39. The van der Waals surface area contributed by atoms with E-state index >= 15 is 0 Å². The van der Waals surface area contributed by atoms with Crippen molar-refractivity contribution in [2.45, 2.75) is 20.0 Å². The van der Waals surface area contributed by atoms with Gasteiger partial charge in [0.25, 0.3) is 0 Å². The fourth-order valence-electron chi connectivity index (χ4n) is 2.01. The van der Waals surface area contributed by atoms with Gasteiger partial charge in [-0.25, -0.2) is 4.99 Å². The molecule has 0 aliphatic rings. The standard InChI is InChI=1S/C18H23N3O2/c1-3-11-23-17-10-6-5-8-15(17)13-20-18(19-4-2)21-14-16-9-7-12-22-16/h3,5-10,12H,1,4,11,13-14H2,2H3,(H2,19,20,21). The molecule has 1 aromatic heterocycles. The van der Waals surface area contributed by atoms with Gasteiger partial charge in [-0.15, -0.1) is 0 Å². The Morgan fingerprint density at radius 3 is 2.87 bits per heavy atom. The van der Waals surface area contributed by atoms with E-state index in [4.69, 9.17) is 9.15 Å². The van der Waals surface area contributed by atoms with Gasteiger partial charge in [0.2, 0.25) is 0 Å². The summed E-state index contributed by atoms with van der Waals surface area (Å²) >= 11 is 0. The van der Waals surface area contributed by atoms with Crippen LogP contribution >= 0.6 is 0 Å². The van der Waals surface area contributed by atoms with E-state index in [-0.39, 0.29) is 0 Å². The van der Waals surface area contributed by atoms with Crippen LogP contribution in [0.5, 0.6) is 5.75 Å². The molecule has 0 unspecified atom stereocenters. The molecule has 0 amide bonds. The quantitative estimate of drug-likeness (QED) is 0.447. The van der Waals surface area contributed by atoms with E-state index in [1.54, 1.807) is 12.3 Å². The molecular formula is C18H23N3O2. The number of aliphatic imine (C=N–C) groups is 1. The SMILES string of the molecule is C=CCOc1ccccc1CN=C(NCC)NCc1ccco1. The van der Waals surface area contributed by atoms with Gasteiger partial charge < -0.3 is 19.8 Å². The van der Waals surface area contributed by atoms with E-state index in [9.17, 15) is 0 Å². The van der Waals surface area contributed by atoms with Crippen molar-refractivity contribution >= 4 is 5.96 Å². The summed E-state index contributed by atoms with van der Waals surface area (Å²) in [6.45, 7) is 8.10. The highest BCUT2D eigenvalue weighted by atomic mass is 16.5. The highest BCUT2D eigenvalue weighted by Crippen LogP contribution is 2.18. The fourth-order valence-corrected chi connectivity index (χ4v) is 2.01. The van der Waals surface area contributed by atoms with Gasteiger partial charge in [-0.3, -0.25) is 0 Å². The summed E-state index contributed by atoms with van der Waals surface area (Å²) in [7, 11) is 0. The molecule has 1 heterocycles. The van der Waals surface area contributed by atoms with Crippen molar-refractivity contribution in [1.82, 2.24) is 10.6 Å². The first-order valence-electron chi connectivity index (χ1n) is 7.69. The molecule has 2 aromatic rings. The monoisotopic (exact) mass is 313 g/mol. The molecule has 2 N–H and O–H groups in total. The van der Waals surface area contributed by atoms with Gasteiger partial charge >= 0.3 is 0 Å². The molecule has 0 saturated heterocycles. The maximum absolute atomic E-state index is 5.65. The highest BCUT2D eigenvalue weighted by molar-refractivity contribution is 5.79. The molecule has 2 rings (SSSR count). The zero-order valence-electron chi connectivity index (χ0n) is 13.4. The third-order valence-electron chi connectivity index (χ3n) is 3.09. The third kappa shape index (κ3) is 5.54. The van der Waals surface area contributed by atoms with Gasteiger partial charge in [0.1, 0.15) is 18.1 Å². The van der Waals surface area contributed by atoms with Gasteiger partial charge in [-0.1, -0.05) is 30.9 Å². The molecule has 0 spiro atoms. The zero-order valence-corrected chi connectivity index (χ0v) is 13.4. The third-order valence-corrected chi connectivity index (χ3v) is 3.09. The number of benzene rings is 1. The first kappa shape index (κ1) is 16.7. The minimum absolute atomic E-state index is 0.484. The fraction of sp³-hybridized carbons (Fsp3) is 0.278. The summed E-state index contributed by atoms with van der Waals surface area (Å²) in [5, 5.41) is 6.46. The highest BCUT2D eigenvalue weighted by Gasteiger charge is 2.04. The van der Waals surface area contributed by atoms with Crippen molar-refractivity contribution in [3.8, 4) is 5.75 Å². The largest absolute Gasteiger partial charge is 0.489 e. The van der Waals surface area contributed by atoms with Crippen molar-refractivity contribution in [2.75, 3.05) is 13.2 Å². The molecule has 0 aliphatic heterocycles. The van der Waals surface area contributed by atoms with Crippen LogP contribution in [0.1, 0.15) is 18.2 Å². The lowest BCUT2D eigenvalue weighted by molar-refractivity contribution is 0.359. The topological polar surface area (TPSA) is 58.8 Å². The molecule has 0 saturated carbocycles. The lowest BCUT2D eigenvalue weighted by Crippen LogP contribution is -2.36. The number of rotatable bonds is 8. The Morgan fingerprint density at radius 2 is 2.13 bits per heavy atom. The van der Waals surface area contributed by atoms with Crippen molar-refractivity contribution in [2.24, 2.45) is 4.99 Å². The van der Waals surface area contributed by atoms with Crippen LogP contribution in [-0.2, 0) is 13.1 Å². The van der Waals surface area contributed by atoms with E-state index in [1.807, 2.05) is 43.3 Å². The molecule has 0 radical (unpaired) electrons. The van der Waals surface area contributed by atoms with Gasteiger partial charge in [0.05, 0.1) is 19.4 Å². The maximum atomic E-state index is 5.65. The lowest BCUT2D eigenvalue weighted by atomic mass is 10.2. The molecule has 5 nitrogen and oxygen atoms in total.